The molecule has 0 aliphatic carbocycles. The topological polar surface area (TPSA) is 89.7 Å². The first-order chi connectivity index (χ1) is 13.5. The number of aromatic nitrogens is 1. The number of rotatable bonds is 7. The summed E-state index contributed by atoms with van der Waals surface area (Å²) in [6.07, 6.45) is 0.413. The van der Waals surface area contributed by atoms with Gasteiger partial charge in [0.1, 0.15) is 5.75 Å². The number of H-pyrrole nitrogens is 1. The fourth-order valence-corrected chi connectivity index (χ4v) is 2.93. The number of hydrogen-bond acceptors (Lipinski definition) is 5. The lowest BCUT2D eigenvalue weighted by atomic mass is 10.1. The van der Waals surface area contributed by atoms with Crippen molar-refractivity contribution in [2.75, 3.05) is 27.9 Å². The summed E-state index contributed by atoms with van der Waals surface area (Å²) in [4.78, 5) is 27.5. The van der Waals surface area contributed by atoms with Gasteiger partial charge in [0.25, 0.3) is 11.5 Å². The zero-order valence-electron chi connectivity index (χ0n) is 16.0. The lowest BCUT2D eigenvalue weighted by Crippen LogP contribution is -2.27. The van der Waals surface area contributed by atoms with E-state index >= 15 is 0 Å². The maximum Gasteiger partial charge on any atom is 0.251 e. The zero-order valence-corrected chi connectivity index (χ0v) is 16.0. The summed E-state index contributed by atoms with van der Waals surface area (Å²) >= 11 is 0. The molecule has 0 aliphatic heterocycles. The van der Waals surface area contributed by atoms with E-state index in [2.05, 4.69) is 10.3 Å². The van der Waals surface area contributed by atoms with Crippen LogP contribution in [0.15, 0.2) is 47.3 Å². The van der Waals surface area contributed by atoms with Crippen LogP contribution in [0.4, 0.5) is 0 Å². The van der Waals surface area contributed by atoms with Crippen molar-refractivity contribution >= 4 is 16.8 Å². The monoisotopic (exact) mass is 382 g/mol. The second-order valence-corrected chi connectivity index (χ2v) is 6.15. The van der Waals surface area contributed by atoms with Crippen LogP contribution in [0.3, 0.4) is 0 Å². The highest BCUT2D eigenvalue weighted by atomic mass is 16.5. The summed E-state index contributed by atoms with van der Waals surface area (Å²) in [5.74, 6) is 1.47. The van der Waals surface area contributed by atoms with Crippen LogP contribution >= 0.6 is 0 Å². The number of amides is 1. The minimum atomic E-state index is -0.247. The predicted molar refractivity (Wildman–Crippen MR) is 107 cm³/mol. The van der Waals surface area contributed by atoms with Gasteiger partial charge < -0.3 is 24.5 Å². The second-order valence-electron chi connectivity index (χ2n) is 6.15. The number of ether oxygens (including phenoxy) is 3. The largest absolute Gasteiger partial charge is 0.497 e. The molecular weight excluding hydrogens is 360 g/mol. The van der Waals surface area contributed by atoms with Crippen LogP contribution in [-0.4, -0.2) is 38.8 Å². The Kier molecular flexibility index (Phi) is 5.84. The maximum absolute atomic E-state index is 12.4. The van der Waals surface area contributed by atoms with Crippen LogP contribution in [0.25, 0.3) is 10.9 Å². The van der Waals surface area contributed by atoms with E-state index in [-0.39, 0.29) is 11.5 Å². The Morgan fingerprint density at radius 3 is 2.46 bits per heavy atom. The number of aromatic amines is 1. The Labute approximate surface area is 162 Å². The van der Waals surface area contributed by atoms with Crippen LogP contribution in [0, 0.1) is 0 Å². The van der Waals surface area contributed by atoms with Gasteiger partial charge in [0, 0.05) is 23.7 Å². The van der Waals surface area contributed by atoms with E-state index < -0.39 is 0 Å². The highest BCUT2D eigenvalue weighted by Gasteiger charge is 2.11. The van der Waals surface area contributed by atoms with Gasteiger partial charge in [-0.1, -0.05) is 0 Å². The first-order valence-corrected chi connectivity index (χ1v) is 8.76. The van der Waals surface area contributed by atoms with Crippen molar-refractivity contribution in [3.8, 4) is 17.2 Å². The number of benzene rings is 2. The van der Waals surface area contributed by atoms with Crippen LogP contribution in [0.5, 0.6) is 17.2 Å². The van der Waals surface area contributed by atoms with Gasteiger partial charge in [-0.25, -0.2) is 0 Å². The third-order valence-corrected chi connectivity index (χ3v) is 4.46. The highest BCUT2D eigenvalue weighted by molar-refractivity contribution is 5.94. The Bertz CT molecular complexity index is 1060. The summed E-state index contributed by atoms with van der Waals surface area (Å²) in [5, 5.41) is 3.73. The molecule has 3 aromatic rings. The molecule has 0 unspecified atom stereocenters. The number of fused-ring (bicyclic) bond motifs is 1. The van der Waals surface area contributed by atoms with Crippen molar-refractivity contribution < 1.29 is 19.0 Å². The van der Waals surface area contributed by atoms with Crippen LogP contribution in [0.1, 0.15) is 15.9 Å². The Morgan fingerprint density at radius 2 is 1.75 bits per heavy atom. The first-order valence-electron chi connectivity index (χ1n) is 8.76. The molecule has 146 valence electrons. The molecule has 0 radical (unpaired) electrons. The lowest BCUT2D eigenvalue weighted by molar-refractivity contribution is 0.0953. The predicted octanol–water partition coefficient (Wildman–Crippen LogP) is 2.53. The Morgan fingerprint density at radius 1 is 0.964 bits per heavy atom. The van der Waals surface area contributed by atoms with Gasteiger partial charge in [0.2, 0.25) is 0 Å². The summed E-state index contributed by atoms with van der Waals surface area (Å²) in [6.45, 7) is 0.331. The minimum Gasteiger partial charge on any atom is -0.497 e. The minimum absolute atomic E-state index is 0.180. The first kappa shape index (κ1) is 19.3. The molecule has 1 aromatic heterocycles. The molecule has 0 atom stereocenters. The maximum atomic E-state index is 12.4. The quantitative estimate of drug-likeness (QED) is 0.655. The van der Waals surface area contributed by atoms with Crippen molar-refractivity contribution in [2.45, 2.75) is 6.42 Å². The number of hydrogen-bond donors (Lipinski definition) is 2. The van der Waals surface area contributed by atoms with E-state index in [4.69, 9.17) is 14.2 Å². The molecule has 0 spiro atoms. The summed E-state index contributed by atoms with van der Waals surface area (Å²) < 4.78 is 15.6. The second kappa shape index (κ2) is 8.47. The van der Waals surface area contributed by atoms with Crippen molar-refractivity contribution in [3.63, 3.8) is 0 Å². The van der Waals surface area contributed by atoms with Gasteiger partial charge >= 0.3 is 0 Å². The van der Waals surface area contributed by atoms with E-state index in [1.807, 2.05) is 18.2 Å². The van der Waals surface area contributed by atoms with E-state index in [0.29, 0.717) is 46.9 Å². The van der Waals surface area contributed by atoms with E-state index in [0.717, 1.165) is 5.39 Å². The molecule has 2 N–H and O–H groups in total. The molecule has 1 amide bonds. The molecule has 0 fully saturated rings. The van der Waals surface area contributed by atoms with Gasteiger partial charge in [-0.15, -0.1) is 0 Å². The van der Waals surface area contributed by atoms with Crippen LogP contribution in [0.2, 0.25) is 0 Å². The van der Waals surface area contributed by atoms with Crippen molar-refractivity contribution in [3.05, 3.63) is 63.9 Å². The average Bonchev–Trinajstić information content (AvgIpc) is 2.72. The van der Waals surface area contributed by atoms with Crippen molar-refractivity contribution in [1.29, 1.82) is 0 Å². The molecule has 0 bridgehead atoms. The normalized spacial score (nSPS) is 10.5. The fraction of sp³-hybridized carbons (Fsp3) is 0.238. The summed E-state index contributed by atoms with van der Waals surface area (Å²) in [6, 6.07) is 12.3. The number of pyridine rings is 1. The molecule has 3 rings (SSSR count). The van der Waals surface area contributed by atoms with E-state index in [1.54, 1.807) is 31.4 Å². The fourth-order valence-electron chi connectivity index (χ4n) is 2.93. The number of carbonyl (C=O) groups excluding carboxylic acids is 1. The number of methoxy groups -OCH3 is 3. The zero-order chi connectivity index (χ0) is 20.1. The van der Waals surface area contributed by atoms with Gasteiger partial charge in [-0.3, -0.25) is 9.59 Å². The van der Waals surface area contributed by atoms with Gasteiger partial charge in [0.05, 0.1) is 26.8 Å². The summed E-state index contributed by atoms with van der Waals surface area (Å²) in [7, 11) is 4.63. The molecule has 0 aliphatic rings. The average molecular weight is 382 g/mol. The van der Waals surface area contributed by atoms with E-state index in [9.17, 15) is 9.59 Å². The van der Waals surface area contributed by atoms with Gasteiger partial charge in [0.15, 0.2) is 11.5 Å². The van der Waals surface area contributed by atoms with Crippen LogP contribution in [-0.2, 0) is 6.42 Å². The van der Waals surface area contributed by atoms with E-state index in [1.165, 1.54) is 14.2 Å². The van der Waals surface area contributed by atoms with Crippen molar-refractivity contribution in [2.24, 2.45) is 0 Å². The molecule has 7 heteroatoms. The number of nitrogens with one attached hydrogen (secondary N) is 2. The molecule has 28 heavy (non-hydrogen) atoms. The Balaban J connectivity index is 1.68. The molecule has 2 aromatic carbocycles. The molecule has 1 heterocycles. The third-order valence-electron chi connectivity index (χ3n) is 4.46. The lowest BCUT2D eigenvalue weighted by Gasteiger charge is -2.10. The molecule has 7 nitrogen and oxygen atoms in total. The Hall–Kier alpha value is -3.48. The highest BCUT2D eigenvalue weighted by Crippen LogP contribution is 2.27. The molecule has 0 saturated carbocycles. The number of carbonyl (C=O) groups is 1. The molecule has 0 saturated heterocycles. The molecular formula is C21H22N2O5. The van der Waals surface area contributed by atoms with Crippen LogP contribution < -0.4 is 25.1 Å². The standard InChI is InChI=1S/C21H22N2O5/c1-26-16-6-4-13-10-15(21(25)23-17(13)12-16)8-9-22-20(24)14-5-7-18(27-2)19(11-14)28-3/h4-7,10-12H,8-9H2,1-3H3,(H,22,24)(H,23,25). The van der Waals surface area contributed by atoms with Gasteiger partial charge in [-0.05, 0) is 48.2 Å². The third kappa shape index (κ3) is 4.09. The summed E-state index contributed by atoms with van der Waals surface area (Å²) in [5.41, 5.74) is 1.59. The smallest absolute Gasteiger partial charge is 0.251 e. The van der Waals surface area contributed by atoms with Gasteiger partial charge in [-0.2, -0.15) is 0 Å². The van der Waals surface area contributed by atoms with Crippen molar-refractivity contribution in [1.82, 2.24) is 10.3 Å². The SMILES string of the molecule is COc1ccc2cc(CCNC(=O)c3ccc(OC)c(OC)c3)c(=O)[nH]c2c1.